The summed E-state index contributed by atoms with van der Waals surface area (Å²) in [5.74, 6) is 1.34. The Morgan fingerprint density at radius 2 is 2.15 bits per heavy atom. The highest BCUT2D eigenvalue weighted by molar-refractivity contribution is 5.82. The highest BCUT2D eigenvalue weighted by Gasteiger charge is 2.30. The Morgan fingerprint density at radius 1 is 1.45 bits per heavy atom. The van der Waals surface area contributed by atoms with Crippen LogP contribution in [0.4, 0.5) is 0 Å². The molecule has 112 valence electrons. The van der Waals surface area contributed by atoms with Crippen molar-refractivity contribution in [2.45, 2.75) is 64.6 Å². The maximum absolute atomic E-state index is 12.7. The molecule has 1 aliphatic carbocycles. The van der Waals surface area contributed by atoms with Gasteiger partial charge in [0.1, 0.15) is 5.76 Å². The van der Waals surface area contributed by atoms with E-state index in [2.05, 4.69) is 13.8 Å². The minimum absolute atomic E-state index is 0.0713. The summed E-state index contributed by atoms with van der Waals surface area (Å²) in [6.07, 6.45) is 6.96. The number of rotatable bonds is 6. The lowest BCUT2D eigenvalue weighted by molar-refractivity contribution is -0.136. The molecule has 0 unspecified atom stereocenters. The molecule has 1 amide bonds. The SMILES string of the molecule is CC(C)C[C@H](N)C(=O)N(Cc1ccco1)C1CCCC1. The molecule has 20 heavy (non-hydrogen) atoms. The molecule has 1 fully saturated rings. The number of amides is 1. The lowest BCUT2D eigenvalue weighted by atomic mass is 10.0. The van der Waals surface area contributed by atoms with Crippen LogP contribution in [0.5, 0.6) is 0 Å². The van der Waals surface area contributed by atoms with E-state index in [0.29, 0.717) is 18.5 Å². The van der Waals surface area contributed by atoms with Crippen LogP contribution in [0, 0.1) is 5.92 Å². The monoisotopic (exact) mass is 278 g/mol. The average molecular weight is 278 g/mol. The minimum Gasteiger partial charge on any atom is -0.467 e. The van der Waals surface area contributed by atoms with Crippen molar-refractivity contribution >= 4 is 5.91 Å². The largest absolute Gasteiger partial charge is 0.467 e. The van der Waals surface area contributed by atoms with Gasteiger partial charge in [0.2, 0.25) is 5.91 Å². The molecule has 1 saturated carbocycles. The van der Waals surface area contributed by atoms with Gasteiger partial charge in [-0.25, -0.2) is 0 Å². The second-order valence-electron chi connectivity index (χ2n) is 6.22. The van der Waals surface area contributed by atoms with Crippen LogP contribution in [-0.4, -0.2) is 22.9 Å². The van der Waals surface area contributed by atoms with Gasteiger partial charge in [0, 0.05) is 6.04 Å². The van der Waals surface area contributed by atoms with E-state index in [9.17, 15) is 4.79 Å². The molecule has 2 N–H and O–H groups in total. The second kappa shape index (κ2) is 6.93. The first kappa shape index (κ1) is 15.1. The van der Waals surface area contributed by atoms with E-state index in [1.165, 1.54) is 12.8 Å². The van der Waals surface area contributed by atoms with Gasteiger partial charge < -0.3 is 15.1 Å². The summed E-state index contributed by atoms with van der Waals surface area (Å²) in [5, 5.41) is 0. The van der Waals surface area contributed by atoms with Crippen LogP contribution in [0.25, 0.3) is 0 Å². The third-order valence-corrected chi connectivity index (χ3v) is 4.00. The van der Waals surface area contributed by atoms with Crippen molar-refractivity contribution in [3.8, 4) is 0 Å². The molecule has 0 spiro atoms. The molecule has 1 heterocycles. The van der Waals surface area contributed by atoms with Crippen LogP contribution in [0.3, 0.4) is 0 Å². The molecule has 0 saturated heterocycles. The highest BCUT2D eigenvalue weighted by atomic mass is 16.3. The van der Waals surface area contributed by atoms with Gasteiger partial charge in [-0.1, -0.05) is 26.7 Å². The molecular weight excluding hydrogens is 252 g/mol. The Morgan fingerprint density at radius 3 is 2.70 bits per heavy atom. The van der Waals surface area contributed by atoms with E-state index < -0.39 is 6.04 Å². The van der Waals surface area contributed by atoms with Crippen LogP contribution in [0.15, 0.2) is 22.8 Å². The Hall–Kier alpha value is -1.29. The van der Waals surface area contributed by atoms with Crippen LogP contribution >= 0.6 is 0 Å². The van der Waals surface area contributed by atoms with Gasteiger partial charge in [0.25, 0.3) is 0 Å². The standard InChI is InChI=1S/C16H26N2O2/c1-12(2)10-15(17)16(19)18(13-6-3-4-7-13)11-14-8-5-9-20-14/h5,8-9,12-13,15H,3-4,6-7,10-11,17H2,1-2H3/t15-/m0/s1. The summed E-state index contributed by atoms with van der Waals surface area (Å²) in [4.78, 5) is 14.6. The van der Waals surface area contributed by atoms with Gasteiger partial charge >= 0.3 is 0 Å². The topological polar surface area (TPSA) is 59.5 Å². The summed E-state index contributed by atoms with van der Waals surface area (Å²) in [6, 6.07) is 3.71. The van der Waals surface area contributed by atoms with E-state index >= 15 is 0 Å². The normalized spacial score (nSPS) is 17.6. The van der Waals surface area contributed by atoms with Crippen molar-refractivity contribution in [1.29, 1.82) is 0 Å². The lowest BCUT2D eigenvalue weighted by Gasteiger charge is -2.31. The quantitative estimate of drug-likeness (QED) is 0.870. The lowest BCUT2D eigenvalue weighted by Crippen LogP contribution is -2.47. The molecule has 1 aliphatic rings. The van der Waals surface area contributed by atoms with E-state index in [-0.39, 0.29) is 5.91 Å². The van der Waals surface area contributed by atoms with Gasteiger partial charge in [-0.05, 0) is 37.3 Å². The number of nitrogens with two attached hydrogens (primary N) is 1. The number of carbonyl (C=O) groups is 1. The van der Waals surface area contributed by atoms with Gasteiger partial charge in [-0.15, -0.1) is 0 Å². The number of carbonyl (C=O) groups excluding carboxylic acids is 1. The van der Waals surface area contributed by atoms with Crippen molar-refractivity contribution in [1.82, 2.24) is 4.90 Å². The van der Waals surface area contributed by atoms with Gasteiger partial charge in [-0.3, -0.25) is 4.79 Å². The van der Waals surface area contributed by atoms with Crippen LogP contribution in [-0.2, 0) is 11.3 Å². The molecule has 2 rings (SSSR count). The second-order valence-corrected chi connectivity index (χ2v) is 6.22. The first-order valence-electron chi connectivity index (χ1n) is 7.66. The molecule has 4 heteroatoms. The number of furan rings is 1. The zero-order chi connectivity index (χ0) is 14.5. The summed E-state index contributed by atoms with van der Waals surface area (Å²) < 4.78 is 5.40. The summed E-state index contributed by atoms with van der Waals surface area (Å²) in [5.41, 5.74) is 6.09. The van der Waals surface area contributed by atoms with Crippen molar-refractivity contribution in [3.63, 3.8) is 0 Å². The molecule has 1 atom stereocenters. The number of hydrogen-bond acceptors (Lipinski definition) is 3. The predicted octanol–water partition coefficient (Wildman–Crippen LogP) is 2.92. The van der Waals surface area contributed by atoms with Crippen LogP contribution in [0.1, 0.15) is 51.7 Å². The molecule has 1 aromatic heterocycles. The van der Waals surface area contributed by atoms with Gasteiger partial charge in [0.05, 0.1) is 18.8 Å². The fraction of sp³-hybridized carbons (Fsp3) is 0.688. The number of nitrogens with zero attached hydrogens (tertiary/aromatic N) is 1. The van der Waals surface area contributed by atoms with Gasteiger partial charge in [0.15, 0.2) is 0 Å². The molecule has 1 aromatic rings. The average Bonchev–Trinajstić information content (AvgIpc) is 3.07. The summed E-state index contributed by atoms with van der Waals surface area (Å²) in [6.45, 7) is 4.74. The van der Waals surface area contributed by atoms with Crippen molar-refractivity contribution in [2.24, 2.45) is 11.7 Å². The van der Waals surface area contributed by atoms with E-state index in [0.717, 1.165) is 25.0 Å². The molecule has 4 nitrogen and oxygen atoms in total. The molecule has 0 bridgehead atoms. The van der Waals surface area contributed by atoms with E-state index in [1.54, 1.807) is 6.26 Å². The van der Waals surface area contributed by atoms with Crippen molar-refractivity contribution < 1.29 is 9.21 Å². The molecule has 0 radical (unpaired) electrons. The fourth-order valence-corrected chi connectivity index (χ4v) is 3.00. The smallest absolute Gasteiger partial charge is 0.240 e. The first-order valence-corrected chi connectivity index (χ1v) is 7.66. The fourth-order valence-electron chi connectivity index (χ4n) is 3.00. The molecule has 0 aromatic carbocycles. The highest BCUT2D eigenvalue weighted by Crippen LogP contribution is 2.26. The Labute approximate surface area is 121 Å². The van der Waals surface area contributed by atoms with Gasteiger partial charge in [-0.2, -0.15) is 0 Å². The Bertz CT molecular complexity index is 408. The van der Waals surface area contributed by atoms with Crippen LogP contribution < -0.4 is 5.73 Å². The van der Waals surface area contributed by atoms with Crippen molar-refractivity contribution in [3.05, 3.63) is 24.2 Å². The third-order valence-electron chi connectivity index (χ3n) is 4.00. The van der Waals surface area contributed by atoms with Crippen molar-refractivity contribution in [2.75, 3.05) is 0 Å². The third kappa shape index (κ3) is 3.85. The maximum atomic E-state index is 12.7. The first-order chi connectivity index (χ1) is 9.58. The zero-order valence-electron chi connectivity index (χ0n) is 12.5. The van der Waals surface area contributed by atoms with E-state index in [4.69, 9.17) is 10.2 Å². The zero-order valence-corrected chi connectivity index (χ0v) is 12.5. The minimum atomic E-state index is -0.398. The predicted molar refractivity (Wildman–Crippen MR) is 78.9 cm³/mol. The maximum Gasteiger partial charge on any atom is 0.240 e. The Balaban J connectivity index is 2.06. The Kier molecular flexibility index (Phi) is 5.24. The molecule has 0 aliphatic heterocycles. The number of hydrogen-bond donors (Lipinski definition) is 1. The van der Waals surface area contributed by atoms with Crippen LogP contribution in [0.2, 0.25) is 0 Å². The van der Waals surface area contributed by atoms with E-state index in [1.807, 2.05) is 17.0 Å². The summed E-state index contributed by atoms with van der Waals surface area (Å²) in [7, 11) is 0. The molecular formula is C16H26N2O2. The summed E-state index contributed by atoms with van der Waals surface area (Å²) >= 11 is 0.